The summed E-state index contributed by atoms with van der Waals surface area (Å²) < 4.78 is 5.86. The number of likely N-dealkylation sites (tertiary alicyclic amines) is 1. The highest BCUT2D eigenvalue weighted by atomic mass is 16.5. The highest BCUT2D eigenvalue weighted by molar-refractivity contribution is 5.87. The second-order valence-corrected chi connectivity index (χ2v) is 7.33. The summed E-state index contributed by atoms with van der Waals surface area (Å²) in [6, 6.07) is 17.9. The van der Waals surface area contributed by atoms with Crippen LogP contribution in [-0.2, 0) is 4.79 Å². The average molecular weight is 390 g/mol. The highest BCUT2D eigenvalue weighted by Crippen LogP contribution is 2.29. The van der Waals surface area contributed by atoms with E-state index in [0.29, 0.717) is 19.0 Å². The number of para-hydroxylation sites is 1. The van der Waals surface area contributed by atoms with E-state index in [1.165, 1.54) is 6.08 Å². The number of anilines is 1. The fourth-order valence-corrected chi connectivity index (χ4v) is 3.85. The smallest absolute Gasteiger partial charge is 0.246 e. The maximum absolute atomic E-state index is 12.0. The van der Waals surface area contributed by atoms with Gasteiger partial charge >= 0.3 is 0 Å². The van der Waals surface area contributed by atoms with Crippen molar-refractivity contribution >= 4 is 11.6 Å². The predicted molar refractivity (Wildman–Crippen MR) is 114 cm³/mol. The Bertz CT molecular complexity index is 895. The average Bonchev–Trinajstić information content (AvgIpc) is 3.16. The molecule has 1 atom stereocenters. The number of ether oxygens (including phenoxy) is 1. The van der Waals surface area contributed by atoms with Gasteiger partial charge in [0.1, 0.15) is 17.3 Å². The molecule has 4 rings (SSSR count). The molecule has 2 N–H and O–H groups in total. The Hall–Kier alpha value is -3.41. The zero-order chi connectivity index (χ0) is 20.2. The number of nitrogens with zero attached hydrogens (tertiary/aromatic N) is 3. The van der Waals surface area contributed by atoms with Gasteiger partial charge in [-0.1, -0.05) is 24.8 Å². The Labute approximate surface area is 171 Å². The Morgan fingerprint density at radius 1 is 1.10 bits per heavy atom. The van der Waals surface area contributed by atoms with Gasteiger partial charge in [0.2, 0.25) is 5.91 Å². The van der Waals surface area contributed by atoms with Gasteiger partial charge in [0, 0.05) is 31.0 Å². The van der Waals surface area contributed by atoms with Crippen molar-refractivity contribution in [3.05, 3.63) is 79.3 Å². The first kappa shape index (κ1) is 18.9. The van der Waals surface area contributed by atoms with E-state index in [1.807, 2.05) is 65.7 Å². The monoisotopic (exact) mass is 390 g/mol. The molecule has 2 heterocycles. The van der Waals surface area contributed by atoms with E-state index < -0.39 is 0 Å². The number of nitrogens with two attached hydrogens (primary N) is 1. The topological polar surface area (TPSA) is 62.0 Å². The lowest BCUT2D eigenvalue weighted by molar-refractivity contribution is -0.127. The molecule has 2 aliphatic rings. The summed E-state index contributed by atoms with van der Waals surface area (Å²) in [5.41, 5.74) is 7.32. The van der Waals surface area contributed by atoms with Crippen LogP contribution in [0.15, 0.2) is 79.3 Å². The lowest BCUT2D eigenvalue weighted by Gasteiger charge is -2.37. The van der Waals surface area contributed by atoms with Crippen molar-refractivity contribution in [3.63, 3.8) is 0 Å². The van der Waals surface area contributed by atoms with Gasteiger partial charge in [0.25, 0.3) is 0 Å². The van der Waals surface area contributed by atoms with Crippen molar-refractivity contribution in [1.29, 1.82) is 0 Å². The third-order valence-corrected chi connectivity index (χ3v) is 5.39. The van der Waals surface area contributed by atoms with Gasteiger partial charge in [-0.3, -0.25) is 4.79 Å². The Morgan fingerprint density at radius 2 is 1.83 bits per heavy atom. The fraction of sp³-hybridized carbons (Fsp3) is 0.261. The lowest BCUT2D eigenvalue weighted by atomic mass is 10.0. The molecule has 0 radical (unpaired) electrons. The number of hydrogen-bond acceptors (Lipinski definition) is 5. The van der Waals surface area contributed by atoms with Crippen LogP contribution in [-0.4, -0.2) is 41.5 Å². The predicted octanol–water partition coefficient (Wildman–Crippen LogP) is 3.49. The third-order valence-electron chi connectivity index (χ3n) is 5.39. The van der Waals surface area contributed by atoms with Crippen molar-refractivity contribution in [1.82, 2.24) is 9.80 Å². The van der Waals surface area contributed by atoms with E-state index in [2.05, 4.69) is 16.4 Å². The van der Waals surface area contributed by atoms with Gasteiger partial charge in [-0.2, -0.15) is 0 Å². The van der Waals surface area contributed by atoms with Crippen LogP contribution in [0.2, 0.25) is 0 Å². The zero-order valence-corrected chi connectivity index (χ0v) is 16.4. The Morgan fingerprint density at radius 3 is 2.55 bits per heavy atom. The van der Waals surface area contributed by atoms with E-state index >= 15 is 0 Å². The van der Waals surface area contributed by atoms with Crippen LogP contribution >= 0.6 is 0 Å². The summed E-state index contributed by atoms with van der Waals surface area (Å²) in [4.78, 5) is 18.1. The van der Waals surface area contributed by atoms with Crippen LogP contribution in [0, 0.1) is 0 Å². The van der Waals surface area contributed by atoms with E-state index in [9.17, 15) is 4.79 Å². The molecule has 2 aliphatic heterocycles. The van der Waals surface area contributed by atoms with Crippen LogP contribution in [0.3, 0.4) is 0 Å². The molecule has 0 aromatic heterocycles. The van der Waals surface area contributed by atoms with Crippen LogP contribution in [0.25, 0.3) is 0 Å². The molecule has 0 unspecified atom stereocenters. The van der Waals surface area contributed by atoms with Gasteiger partial charge < -0.3 is 25.2 Å². The summed E-state index contributed by atoms with van der Waals surface area (Å²) >= 11 is 0. The SMILES string of the molecule is C=CC(=O)N1CCC[C@@H](N2C=C(N)N(c3ccc(Oc4ccccc4)cc3)C2)C1. The molecular formula is C23H26N4O2. The molecule has 2 aromatic rings. The molecule has 0 saturated carbocycles. The molecule has 0 bridgehead atoms. The number of hydrogen-bond donors (Lipinski definition) is 1. The zero-order valence-electron chi connectivity index (χ0n) is 16.4. The van der Waals surface area contributed by atoms with Crippen LogP contribution < -0.4 is 15.4 Å². The first-order chi connectivity index (χ1) is 14.1. The highest BCUT2D eigenvalue weighted by Gasteiger charge is 2.30. The Kier molecular flexibility index (Phi) is 5.42. The summed E-state index contributed by atoms with van der Waals surface area (Å²) in [5, 5.41) is 0. The number of rotatable bonds is 5. The van der Waals surface area contributed by atoms with E-state index in [4.69, 9.17) is 10.5 Å². The summed E-state index contributed by atoms with van der Waals surface area (Å²) in [6.07, 6.45) is 5.41. The van der Waals surface area contributed by atoms with E-state index in [1.54, 1.807) is 0 Å². The molecule has 6 heteroatoms. The molecule has 6 nitrogen and oxygen atoms in total. The minimum atomic E-state index is -0.00305. The van der Waals surface area contributed by atoms with Gasteiger partial charge in [-0.25, -0.2) is 0 Å². The quantitative estimate of drug-likeness (QED) is 0.792. The van der Waals surface area contributed by atoms with Gasteiger partial charge in [0.15, 0.2) is 0 Å². The normalized spacial score (nSPS) is 19.1. The summed E-state index contributed by atoms with van der Waals surface area (Å²) in [5.74, 6) is 2.29. The first-order valence-corrected chi connectivity index (χ1v) is 9.89. The minimum Gasteiger partial charge on any atom is -0.457 e. The molecule has 2 aromatic carbocycles. The standard InChI is InChI=1S/C23H26N4O2/c1-2-23(28)25-14-6-7-19(15-25)26-16-22(24)27(17-26)18-10-12-21(13-11-18)29-20-8-4-3-5-9-20/h2-5,8-13,16,19H,1,6-7,14-15,17,24H2/t19-/m1/s1. The first-order valence-electron chi connectivity index (χ1n) is 9.89. The number of piperidine rings is 1. The van der Waals surface area contributed by atoms with Gasteiger partial charge in [-0.05, 0) is 55.3 Å². The summed E-state index contributed by atoms with van der Waals surface area (Å²) in [7, 11) is 0. The summed E-state index contributed by atoms with van der Waals surface area (Å²) in [6.45, 7) is 5.77. The van der Waals surface area contributed by atoms with Crippen LogP contribution in [0.1, 0.15) is 12.8 Å². The molecule has 1 amide bonds. The molecule has 150 valence electrons. The maximum atomic E-state index is 12.0. The third kappa shape index (κ3) is 4.21. The van der Waals surface area contributed by atoms with Gasteiger partial charge in [0.05, 0.1) is 6.67 Å². The molecule has 0 aliphatic carbocycles. The second kappa shape index (κ2) is 8.31. The molecule has 0 spiro atoms. The van der Waals surface area contributed by atoms with Gasteiger partial charge in [-0.15, -0.1) is 0 Å². The molecular weight excluding hydrogens is 364 g/mol. The number of carbonyl (C=O) groups excluding carboxylic acids is 1. The minimum absolute atomic E-state index is 0.00305. The van der Waals surface area contributed by atoms with Crippen molar-refractivity contribution < 1.29 is 9.53 Å². The van der Waals surface area contributed by atoms with Crippen molar-refractivity contribution in [2.24, 2.45) is 5.73 Å². The number of amides is 1. The number of benzene rings is 2. The maximum Gasteiger partial charge on any atom is 0.246 e. The fourth-order valence-electron chi connectivity index (χ4n) is 3.85. The van der Waals surface area contributed by atoms with Crippen molar-refractivity contribution in [2.45, 2.75) is 18.9 Å². The van der Waals surface area contributed by atoms with Crippen LogP contribution in [0.5, 0.6) is 11.5 Å². The van der Waals surface area contributed by atoms with Crippen LogP contribution in [0.4, 0.5) is 5.69 Å². The molecule has 29 heavy (non-hydrogen) atoms. The molecule has 1 fully saturated rings. The Balaban J connectivity index is 1.41. The second-order valence-electron chi connectivity index (χ2n) is 7.33. The molecule has 1 saturated heterocycles. The van der Waals surface area contributed by atoms with Crippen molar-refractivity contribution in [2.75, 3.05) is 24.7 Å². The van der Waals surface area contributed by atoms with E-state index in [-0.39, 0.29) is 11.9 Å². The number of carbonyl (C=O) groups is 1. The van der Waals surface area contributed by atoms with E-state index in [0.717, 1.165) is 36.6 Å². The lowest BCUT2D eigenvalue weighted by Crippen LogP contribution is -2.48. The largest absolute Gasteiger partial charge is 0.457 e. The van der Waals surface area contributed by atoms with Crippen molar-refractivity contribution in [3.8, 4) is 11.5 Å².